The maximum absolute atomic E-state index is 12.9. The molecule has 7 unspecified atom stereocenters. The van der Waals surface area contributed by atoms with E-state index in [1.807, 2.05) is 0 Å². The molecule has 0 spiro atoms. The molecule has 1 aliphatic rings. The molecule has 1 saturated heterocycles. The van der Waals surface area contributed by atoms with Crippen LogP contribution in [0.2, 0.25) is 0 Å². The number of hydrogen-bond donors (Lipinski definition) is 6. The molecule has 0 radical (unpaired) electrons. The second-order valence-electron chi connectivity index (χ2n) is 15.6. The zero-order chi connectivity index (χ0) is 40.6. The first-order valence-electron chi connectivity index (χ1n) is 22.1. The number of unbranched alkanes of at least 4 members (excludes halogenated alkanes) is 23. The van der Waals surface area contributed by atoms with Crippen LogP contribution in [0.1, 0.15) is 194 Å². The van der Waals surface area contributed by atoms with Crippen molar-refractivity contribution in [1.29, 1.82) is 0 Å². The van der Waals surface area contributed by atoms with Crippen LogP contribution in [0.3, 0.4) is 0 Å². The maximum atomic E-state index is 12.9. The topological polar surface area (TPSA) is 192 Å². The maximum Gasteiger partial charge on any atom is 0.397 e. The molecular weight excluding hydrogens is 727 g/mol. The van der Waals surface area contributed by atoms with Gasteiger partial charge in [0.15, 0.2) is 6.29 Å². The van der Waals surface area contributed by atoms with Gasteiger partial charge in [-0.15, -0.1) is 0 Å². The average Bonchev–Trinajstić information content (AvgIpc) is 3.15. The van der Waals surface area contributed by atoms with Crippen LogP contribution in [0.15, 0.2) is 12.2 Å². The largest absolute Gasteiger partial charge is 0.397 e. The Kier molecular flexibility index (Phi) is 31.8. The lowest BCUT2D eigenvalue weighted by atomic mass is 9.99. The second-order valence-corrected chi connectivity index (χ2v) is 16.7. The Balaban J connectivity index is 2.47. The number of hydrogen-bond acceptors (Lipinski definition) is 10. The van der Waals surface area contributed by atoms with Crippen molar-refractivity contribution in [2.24, 2.45) is 0 Å². The number of amides is 1. The Hall–Kier alpha value is -1.16. The molecule has 1 heterocycles. The van der Waals surface area contributed by atoms with Gasteiger partial charge in [-0.1, -0.05) is 167 Å². The highest BCUT2D eigenvalue weighted by Crippen LogP contribution is 2.26. The van der Waals surface area contributed by atoms with E-state index < -0.39 is 59.9 Å². The smallest absolute Gasteiger partial charge is 0.394 e. The first kappa shape index (κ1) is 51.9. The molecule has 7 atom stereocenters. The molecule has 0 aromatic rings. The summed E-state index contributed by atoms with van der Waals surface area (Å²) in [5, 5.41) is 44.7. The fourth-order valence-corrected chi connectivity index (χ4v) is 7.62. The zero-order valence-corrected chi connectivity index (χ0v) is 35.3. The van der Waals surface area contributed by atoms with Gasteiger partial charge in [-0.25, -0.2) is 4.18 Å². The van der Waals surface area contributed by atoms with E-state index in [0.29, 0.717) is 12.8 Å². The molecule has 0 aromatic heterocycles. The Bertz CT molecular complexity index is 1050. The van der Waals surface area contributed by atoms with E-state index in [-0.39, 0.29) is 18.9 Å². The number of rotatable bonds is 37. The van der Waals surface area contributed by atoms with Crippen molar-refractivity contribution in [3.05, 3.63) is 12.2 Å². The fraction of sp³-hybridized carbons (Fsp3) is 0.929. The molecule has 0 aromatic carbocycles. The van der Waals surface area contributed by atoms with E-state index in [9.17, 15) is 33.6 Å². The van der Waals surface area contributed by atoms with Crippen molar-refractivity contribution in [2.75, 3.05) is 13.2 Å². The number of allylic oxidation sites excluding steroid dienone is 2. The predicted octanol–water partition coefficient (Wildman–Crippen LogP) is 7.99. The number of aliphatic hydroxyl groups excluding tert-OH is 4. The average molecular weight is 808 g/mol. The highest BCUT2D eigenvalue weighted by atomic mass is 32.3. The van der Waals surface area contributed by atoms with Crippen molar-refractivity contribution in [3.63, 3.8) is 0 Å². The lowest BCUT2D eigenvalue weighted by molar-refractivity contribution is -0.298. The first-order chi connectivity index (χ1) is 26.5. The summed E-state index contributed by atoms with van der Waals surface area (Å²) < 4.78 is 47.5. The van der Waals surface area contributed by atoms with Gasteiger partial charge in [-0.2, -0.15) is 8.42 Å². The third-order valence-electron chi connectivity index (χ3n) is 10.6. The molecule has 0 bridgehead atoms. The number of ether oxygens (including phenoxy) is 2. The summed E-state index contributed by atoms with van der Waals surface area (Å²) in [5.41, 5.74) is 0. The van der Waals surface area contributed by atoms with Crippen LogP contribution >= 0.6 is 0 Å². The third kappa shape index (κ3) is 27.2. The van der Waals surface area contributed by atoms with Gasteiger partial charge < -0.3 is 35.2 Å². The molecular formula is C42H81NO11S. The van der Waals surface area contributed by atoms with Crippen LogP contribution in [0, 0.1) is 0 Å². The van der Waals surface area contributed by atoms with Crippen molar-refractivity contribution in [3.8, 4) is 0 Å². The van der Waals surface area contributed by atoms with E-state index in [1.54, 1.807) is 0 Å². The van der Waals surface area contributed by atoms with Gasteiger partial charge >= 0.3 is 10.4 Å². The minimum Gasteiger partial charge on any atom is -0.394 e. The molecule has 13 heteroatoms. The van der Waals surface area contributed by atoms with Crippen molar-refractivity contribution >= 4 is 16.3 Å². The van der Waals surface area contributed by atoms with Gasteiger partial charge in [-0.05, 0) is 32.1 Å². The SMILES string of the molecule is CCCCCC/C=C\CCCC(=O)NC(COC1OC(CO)C(O)C(OS(=O)(=O)O)C1O)C(O)CCCCCCCCCCCCCCCCCCCCC. The standard InChI is InChI=1S/C42H81NO11S/c1-3-5-7-9-11-13-14-15-16-17-18-19-20-21-22-24-25-27-29-31-36(45)35(43-38(46)32-30-28-26-23-12-10-8-6-4-2)34-52-42-40(48)41(54-55(49,50)51)39(47)37(33-44)53-42/h23,26,35-37,39-42,44-45,47-48H,3-22,24-25,27-34H2,1-2H3,(H,43,46)(H,49,50,51)/b26-23-. The van der Waals surface area contributed by atoms with Crippen LogP contribution in [-0.4, -0.2) is 95.4 Å². The van der Waals surface area contributed by atoms with E-state index >= 15 is 0 Å². The fourth-order valence-electron chi connectivity index (χ4n) is 7.11. The van der Waals surface area contributed by atoms with Crippen molar-refractivity contribution < 1.29 is 51.8 Å². The Morgan fingerprint density at radius 1 is 0.709 bits per heavy atom. The van der Waals surface area contributed by atoms with Crippen LogP contribution in [-0.2, 0) is 28.9 Å². The predicted molar refractivity (Wildman–Crippen MR) is 218 cm³/mol. The van der Waals surface area contributed by atoms with Gasteiger partial charge in [0.25, 0.3) is 0 Å². The normalized spacial score (nSPS) is 21.6. The molecule has 1 rings (SSSR count). The number of carbonyl (C=O) groups excluding carboxylic acids is 1. The lowest BCUT2D eigenvalue weighted by Gasteiger charge is -2.41. The number of nitrogens with one attached hydrogen (secondary N) is 1. The Labute approximate surface area is 334 Å². The van der Waals surface area contributed by atoms with E-state index in [0.717, 1.165) is 44.9 Å². The monoisotopic (exact) mass is 808 g/mol. The van der Waals surface area contributed by atoms with Crippen LogP contribution in [0.4, 0.5) is 0 Å². The molecule has 326 valence electrons. The van der Waals surface area contributed by atoms with Gasteiger partial charge in [0.05, 0.1) is 25.4 Å². The van der Waals surface area contributed by atoms with E-state index in [4.69, 9.17) is 14.0 Å². The van der Waals surface area contributed by atoms with Crippen LogP contribution in [0.5, 0.6) is 0 Å². The van der Waals surface area contributed by atoms with Crippen molar-refractivity contribution in [1.82, 2.24) is 5.32 Å². The number of aliphatic hydroxyl groups is 4. The molecule has 1 aliphatic heterocycles. The van der Waals surface area contributed by atoms with Crippen molar-refractivity contribution in [2.45, 2.75) is 236 Å². The molecule has 0 aliphatic carbocycles. The van der Waals surface area contributed by atoms with Gasteiger partial charge in [0, 0.05) is 6.42 Å². The zero-order valence-electron chi connectivity index (χ0n) is 34.5. The number of carbonyl (C=O) groups is 1. The Morgan fingerprint density at radius 2 is 1.16 bits per heavy atom. The highest BCUT2D eigenvalue weighted by Gasteiger charge is 2.48. The molecule has 55 heavy (non-hydrogen) atoms. The summed E-state index contributed by atoms with van der Waals surface area (Å²) in [4.78, 5) is 12.9. The summed E-state index contributed by atoms with van der Waals surface area (Å²) in [6, 6.07) is -0.867. The van der Waals surface area contributed by atoms with Crippen LogP contribution < -0.4 is 5.32 Å². The van der Waals surface area contributed by atoms with Crippen LogP contribution in [0.25, 0.3) is 0 Å². The summed E-state index contributed by atoms with van der Waals surface area (Å²) in [6.07, 6.45) is 26.7. The molecule has 12 nitrogen and oxygen atoms in total. The Morgan fingerprint density at radius 3 is 1.64 bits per heavy atom. The first-order valence-corrected chi connectivity index (χ1v) is 23.4. The van der Waals surface area contributed by atoms with Gasteiger partial charge in [-0.3, -0.25) is 9.35 Å². The second kappa shape index (κ2) is 33.8. The molecule has 1 fully saturated rings. The van der Waals surface area contributed by atoms with Gasteiger partial charge in [0.2, 0.25) is 5.91 Å². The van der Waals surface area contributed by atoms with E-state index in [2.05, 4.69) is 35.5 Å². The highest BCUT2D eigenvalue weighted by molar-refractivity contribution is 7.80. The minimum atomic E-state index is -5.07. The summed E-state index contributed by atoms with van der Waals surface area (Å²) in [6.45, 7) is 3.38. The summed E-state index contributed by atoms with van der Waals surface area (Å²) >= 11 is 0. The molecule has 6 N–H and O–H groups in total. The quantitative estimate of drug-likeness (QED) is 0.0203. The minimum absolute atomic E-state index is 0.244. The summed E-state index contributed by atoms with van der Waals surface area (Å²) in [7, 11) is -5.07. The summed E-state index contributed by atoms with van der Waals surface area (Å²) in [5.74, 6) is -0.265. The molecule has 1 amide bonds. The lowest BCUT2D eigenvalue weighted by Crippen LogP contribution is -2.61. The third-order valence-corrected chi connectivity index (χ3v) is 11.0. The van der Waals surface area contributed by atoms with Gasteiger partial charge in [0.1, 0.15) is 24.4 Å². The molecule has 0 saturated carbocycles. The van der Waals surface area contributed by atoms with E-state index in [1.165, 1.54) is 116 Å².